The number of ether oxygens (including phenoxy) is 1. The molecule has 0 unspecified atom stereocenters. The maximum Gasteiger partial charge on any atom is 0.269 e. The van der Waals surface area contributed by atoms with Gasteiger partial charge < -0.3 is 10.1 Å². The number of anilines is 1. The number of rotatable bonds is 5. The Labute approximate surface area is 201 Å². The summed E-state index contributed by atoms with van der Waals surface area (Å²) in [5, 5.41) is 13.8. The summed E-state index contributed by atoms with van der Waals surface area (Å²) in [6.07, 6.45) is 2.95. The van der Waals surface area contributed by atoms with Crippen LogP contribution in [0.25, 0.3) is 0 Å². The number of nitrogens with one attached hydrogen (secondary N) is 1. The van der Waals surface area contributed by atoms with Crippen molar-refractivity contribution in [2.24, 2.45) is 11.8 Å². The van der Waals surface area contributed by atoms with E-state index in [0.29, 0.717) is 5.56 Å². The molecule has 1 N–H and O–H groups in total. The number of imide groups is 1. The van der Waals surface area contributed by atoms with Gasteiger partial charge >= 0.3 is 0 Å². The first-order valence-electron chi connectivity index (χ1n) is 11.4. The van der Waals surface area contributed by atoms with E-state index >= 15 is 0 Å². The standard InChI is InChI=1S/C26H25N3O6/c1-25(2,3)16-6-4-15(5-7-16)22(30)27-14-26-13-12-19(35-26)20-21(26)24(32)28(23(20)31)17-8-10-18(11-9-17)29(33)34/h4-13,19-21H,14H2,1-3H3,(H,27,30)/t19-,20+,21+,26-/m1/s1. The Hall–Kier alpha value is -3.85. The van der Waals surface area contributed by atoms with Crippen molar-refractivity contribution in [3.8, 4) is 0 Å². The molecule has 2 fully saturated rings. The Kier molecular flexibility index (Phi) is 5.14. The van der Waals surface area contributed by atoms with Crippen LogP contribution in [-0.2, 0) is 19.7 Å². The zero-order valence-corrected chi connectivity index (χ0v) is 19.6. The molecular weight excluding hydrogens is 450 g/mol. The van der Waals surface area contributed by atoms with Crippen molar-refractivity contribution in [2.45, 2.75) is 37.9 Å². The van der Waals surface area contributed by atoms with Gasteiger partial charge in [0, 0.05) is 17.7 Å². The highest BCUT2D eigenvalue weighted by molar-refractivity contribution is 6.23. The number of nitro benzene ring substituents is 1. The molecule has 0 saturated carbocycles. The summed E-state index contributed by atoms with van der Waals surface area (Å²) in [7, 11) is 0. The minimum absolute atomic E-state index is 0.0325. The van der Waals surface area contributed by atoms with E-state index < -0.39 is 40.3 Å². The molecule has 0 radical (unpaired) electrons. The van der Waals surface area contributed by atoms with E-state index in [4.69, 9.17) is 4.74 Å². The topological polar surface area (TPSA) is 119 Å². The molecule has 2 aromatic rings. The van der Waals surface area contributed by atoms with Crippen LogP contribution in [0.2, 0.25) is 0 Å². The number of nitro groups is 1. The molecule has 3 heterocycles. The molecule has 2 bridgehead atoms. The number of carbonyl (C=O) groups excluding carboxylic acids is 3. The van der Waals surface area contributed by atoms with Gasteiger partial charge in [0.05, 0.1) is 35.1 Å². The van der Waals surface area contributed by atoms with Crippen molar-refractivity contribution in [1.29, 1.82) is 0 Å². The second-order valence-corrected chi connectivity index (χ2v) is 10.2. The van der Waals surface area contributed by atoms with E-state index in [1.165, 1.54) is 24.3 Å². The summed E-state index contributed by atoms with van der Waals surface area (Å²) in [6, 6.07) is 12.7. The van der Waals surface area contributed by atoms with Gasteiger partial charge in [-0.2, -0.15) is 0 Å². The molecule has 35 heavy (non-hydrogen) atoms. The summed E-state index contributed by atoms with van der Waals surface area (Å²) < 4.78 is 6.07. The van der Waals surface area contributed by atoms with Crippen molar-refractivity contribution in [3.05, 3.63) is 81.9 Å². The lowest BCUT2D eigenvalue weighted by Crippen LogP contribution is -2.48. The molecule has 180 valence electrons. The van der Waals surface area contributed by atoms with Crippen LogP contribution in [-0.4, -0.2) is 40.9 Å². The summed E-state index contributed by atoms with van der Waals surface area (Å²) in [6.45, 7) is 6.32. The van der Waals surface area contributed by atoms with Gasteiger partial charge in [-0.05, 0) is 35.2 Å². The molecule has 2 aromatic carbocycles. The molecule has 4 atom stereocenters. The third-order valence-electron chi connectivity index (χ3n) is 7.01. The number of non-ortho nitro benzene ring substituents is 1. The lowest BCUT2D eigenvalue weighted by Gasteiger charge is -2.29. The van der Waals surface area contributed by atoms with Crippen molar-refractivity contribution in [2.75, 3.05) is 11.4 Å². The fourth-order valence-electron chi connectivity index (χ4n) is 5.13. The lowest BCUT2D eigenvalue weighted by molar-refractivity contribution is -0.384. The first-order valence-corrected chi connectivity index (χ1v) is 11.4. The molecule has 0 aromatic heterocycles. The van der Waals surface area contributed by atoms with E-state index in [-0.39, 0.29) is 29.2 Å². The predicted molar refractivity (Wildman–Crippen MR) is 127 cm³/mol. The molecule has 3 amide bonds. The van der Waals surface area contributed by atoms with E-state index in [2.05, 4.69) is 26.1 Å². The molecule has 9 heteroatoms. The SMILES string of the molecule is CC(C)(C)c1ccc(C(=O)NC[C@@]23C=C[C@@H](O2)[C@@H]2C(=O)N(c4ccc([N+](=O)[O-])cc4)C(=O)[C@H]23)cc1. The maximum atomic E-state index is 13.4. The molecule has 0 aliphatic carbocycles. The summed E-state index contributed by atoms with van der Waals surface area (Å²) >= 11 is 0. The van der Waals surface area contributed by atoms with Gasteiger partial charge in [0.1, 0.15) is 5.60 Å². The third kappa shape index (κ3) is 3.63. The molecule has 0 spiro atoms. The van der Waals surface area contributed by atoms with Gasteiger partial charge in [-0.25, -0.2) is 4.90 Å². The second-order valence-electron chi connectivity index (χ2n) is 10.2. The second kappa shape index (κ2) is 7.84. The van der Waals surface area contributed by atoms with Crippen LogP contribution in [0, 0.1) is 22.0 Å². The van der Waals surface area contributed by atoms with Crippen LogP contribution in [0.4, 0.5) is 11.4 Å². The maximum absolute atomic E-state index is 13.4. The van der Waals surface area contributed by atoms with Crippen molar-refractivity contribution in [3.63, 3.8) is 0 Å². The van der Waals surface area contributed by atoms with E-state index in [9.17, 15) is 24.5 Å². The smallest absolute Gasteiger partial charge is 0.269 e. The average Bonchev–Trinajstić information content (AvgIpc) is 3.47. The molecule has 3 aliphatic rings. The first-order chi connectivity index (χ1) is 16.5. The van der Waals surface area contributed by atoms with Crippen LogP contribution in [0.3, 0.4) is 0 Å². The normalized spacial score (nSPS) is 26.8. The average molecular weight is 476 g/mol. The summed E-state index contributed by atoms with van der Waals surface area (Å²) in [4.78, 5) is 50.9. The molecule has 9 nitrogen and oxygen atoms in total. The third-order valence-corrected chi connectivity index (χ3v) is 7.01. The first kappa shape index (κ1) is 22.9. The van der Waals surface area contributed by atoms with Crippen molar-refractivity contribution < 1.29 is 24.0 Å². The highest BCUT2D eigenvalue weighted by atomic mass is 16.6. The largest absolute Gasteiger partial charge is 0.360 e. The predicted octanol–water partition coefficient (Wildman–Crippen LogP) is 3.14. The van der Waals surface area contributed by atoms with Gasteiger partial charge in [-0.3, -0.25) is 24.5 Å². The van der Waals surface area contributed by atoms with Gasteiger partial charge in [-0.15, -0.1) is 0 Å². The van der Waals surface area contributed by atoms with E-state index in [1.54, 1.807) is 24.3 Å². The van der Waals surface area contributed by atoms with Crippen LogP contribution in [0.1, 0.15) is 36.7 Å². The molecule has 2 saturated heterocycles. The fourth-order valence-corrected chi connectivity index (χ4v) is 5.13. The van der Waals surface area contributed by atoms with Crippen LogP contribution < -0.4 is 10.2 Å². The number of fused-ring (bicyclic) bond motifs is 5. The number of nitrogens with zero attached hydrogens (tertiary/aromatic N) is 2. The minimum atomic E-state index is -1.13. The summed E-state index contributed by atoms with van der Waals surface area (Å²) in [5.41, 5.74) is 0.583. The van der Waals surface area contributed by atoms with Crippen molar-refractivity contribution in [1.82, 2.24) is 5.32 Å². The monoisotopic (exact) mass is 475 g/mol. The van der Waals surface area contributed by atoms with Crippen LogP contribution >= 0.6 is 0 Å². The number of benzene rings is 2. The Balaban J connectivity index is 1.34. The number of hydrogen-bond donors (Lipinski definition) is 1. The zero-order valence-electron chi connectivity index (χ0n) is 19.6. The fraction of sp³-hybridized carbons (Fsp3) is 0.346. The Morgan fingerprint density at radius 3 is 2.34 bits per heavy atom. The minimum Gasteiger partial charge on any atom is -0.360 e. The Morgan fingerprint density at radius 2 is 1.74 bits per heavy atom. The Morgan fingerprint density at radius 1 is 1.09 bits per heavy atom. The summed E-state index contributed by atoms with van der Waals surface area (Å²) in [5.74, 6) is -2.64. The molecule has 5 rings (SSSR count). The van der Waals surface area contributed by atoms with E-state index in [1.807, 2.05) is 12.1 Å². The van der Waals surface area contributed by atoms with Crippen LogP contribution in [0.5, 0.6) is 0 Å². The van der Waals surface area contributed by atoms with Gasteiger partial charge in [-0.1, -0.05) is 45.1 Å². The highest BCUT2D eigenvalue weighted by Crippen LogP contribution is 2.52. The molecular formula is C26H25N3O6. The quantitative estimate of drug-likeness (QED) is 0.307. The number of carbonyl (C=O) groups is 3. The van der Waals surface area contributed by atoms with Gasteiger partial charge in [0.2, 0.25) is 11.8 Å². The van der Waals surface area contributed by atoms with Gasteiger partial charge in [0.15, 0.2) is 0 Å². The number of amides is 3. The zero-order chi connectivity index (χ0) is 25.1. The lowest BCUT2D eigenvalue weighted by atomic mass is 9.77. The van der Waals surface area contributed by atoms with E-state index in [0.717, 1.165) is 10.5 Å². The number of hydrogen-bond acceptors (Lipinski definition) is 6. The highest BCUT2D eigenvalue weighted by Gasteiger charge is 2.67. The van der Waals surface area contributed by atoms with Crippen molar-refractivity contribution >= 4 is 29.1 Å². The Bertz CT molecular complexity index is 1260. The van der Waals surface area contributed by atoms with Gasteiger partial charge in [0.25, 0.3) is 11.6 Å². The van der Waals surface area contributed by atoms with Crippen LogP contribution in [0.15, 0.2) is 60.7 Å². The molecule has 3 aliphatic heterocycles.